The van der Waals surface area contributed by atoms with Crippen LogP contribution >= 0.6 is 12.2 Å². The highest BCUT2D eigenvalue weighted by Gasteiger charge is 2.21. The lowest BCUT2D eigenvalue weighted by atomic mass is 9.79. The van der Waals surface area contributed by atoms with E-state index in [0.717, 1.165) is 53.3 Å². The van der Waals surface area contributed by atoms with Crippen LogP contribution in [0, 0.1) is 16.4 Å². The van der Waals surface area contributed by atoms with Gasteiger partial charge in [-0.1, -0.05) is 63.8 Å². The van der Waals surface area contributed by atoms with Crippen molar-refractivity contribution < 1.29 is 8.81 Å². The molecule has 0 bridgehead atoms. The number of unbranched alkanes of at least 4 members (excludes halogenated alkanes) is 2. The van der Waals surface area contributed by atoms with E-state index in [4.69, 9.17) is 16.6 Å². The summed E-state index contributed by atoms with van der Waals surface area (Å²) in [5.74, 6) is 1.19. The smallest absolute Gasteiger partial charge is 0.198 e. The van der Waals surface area contributed by atoms with Crippen molar-refractivity contribution in [3.05, 3.63) is 52.0 Å². The fourth-order valence-electron chi connectivity index (χ4n) is 4.63. The molecule has 0 N–H and O–H groups in total. The van der Waals surface area contributed by atoms with Gasteiger partial charge in [-0.25, -0.2) is 4.39 Å². The number of halogens is 1. The van der Waals surface area contributed by atoms with Crippen molar-refractivity contribution in [2.24, 2.45) is 5.92 Å². The second-order valence-corrected chi connectivity index (χ2v) is 8.89. The van der Waals surface area contributed by atoms with Gasteiger partial charge >= 0.3 is 0 Å². The van der Waals surface area contributed by atoms with Crippen molar-refractivity contribution in [1.82, 2.24) is 0 Å². The molecule has 3 heteroatoms. The van der Waals surface area contributed by atoms with Gasteiger partial charge in [0.2, 0.25) is 0 Å². The molecule has 1 aromatic heterocycles. The molecule has 28 heavy (non-hydrogen) atoms. The molecular weight excluding hydrogens is 367 g/mol. The molecule has 2 aromatic carbocycles. The molecular formula is C25H29FOS. The topological polar surface area (TPSA) is 13.1 Å². The average Bonchev–Trinajstić information content (AvgIpc) is 2.71. The van der Waals surface area contributed by atoms with E-state index in [1.54, 1.807) is 0 Å². The molecule has 1 nitrogen and oxygen atoms in total. The van der Waals surface area contributed by atoms with E-state index in [0.29, 0.717) is 16.2 Å². The minimum atomic E-state index is -0.244. The van der Waals surface area contributed by atoms with Gasteiger partial charge in [-0.05, 0) is 72.3 Å². The molecule has 0 aliphatic heterocycles. The fourth-order valence-corrected chi connectivity index (χ4v) is 4.88. The Bertz CT molecular complexity index is 1040. The van der Waals surface area contributed by atoms with Gasteiger partial charge in [0.15, 0.2) is 16.1 Å². The number of rotatable bonds is 5. The third kappa shape index (κ3) is 3.74. The Morgan fingerprint density at radius 2 is 1.75 bits per heavy atom. The number of benzene rings is 2. The summed E-state index contributed by atoms with van der Waals surface area (Å²) in [6, 6.07) is 10.4. The zero-order valence-electron chi connectivity index (χ0n) is 16.9. The second kappa shape index (κ2) is 8.32. The molecule has 0 radical (unpaired) electrons. The minimum absolute atomic E-state index is 0.244. The third-order valence-electron chi connectivity index (χ3n) is 6.46. The summed E-state index contributed by atoms with van der Waals surface area (Å²) < 4.78 is 21.3. The van der Waals surface area contributed by atoms with E-state index in [1.165, 1.54) is 31.2 Å². The van der Waals surface area contributed by atoms with Crippen molar-refractivity contribution in [3.8, 4) is 0 Å². The molecule has 1 aliphatic rings. The molecule has 0 spiro atoms. The first kappa shape index (κ1) is 19.6. The highest BCUT2D eigenvalue weighted by atomic mass is 32.1. The predicted molar refractivity (Wildman–Crippen MR) is 118 cm³/mol. The van der Waals surface area contributed by atoms with Gasteiger partial charge in [-0.15, -0.1) is 0 Å². The third-order valence-corrected chi connectivity index (χ3v) is 6.77. The summed E-state index contributed by atoms with van der Waals surface area (Å²) in [5.41, 5.74) is 2.38. The lowest BCUT2D eigenvalue weighted by Gasteiger charge is -2.26. The summed E-state index contributed by atoms with van der Waals surface area (Å²) in [6.07, 6.45) is 9.03. The first-order valence-corrected chi connectivity index (χ1v) is 11.2. The molecule has 0 atom stereocenters. The molecule has 1 fully saturated rings. The van der Waals surface area contributed by atoms with Crippen LogP contribution in [-0.4, -0.2) is 0 Å². The first-order chi connectivity index (χ1) is 13.6. The van der Waals surface area contributed by atoms with Gasteiger partial charge in [0, 0.05) is 10.8 Å². The highest BCUT2D eigenvalue weighted by Crippen LogP contribution is 2.38. The van der Waals surface area contributed by atoms with Crippen LogP contribution in [0.3, 0.4) is 0 Å². The van der Waals surface area contributed by atoms with E-state index in [1.807, 2.05) is 12.1 Å². The van der Waals surface area contributed by atoms with Gasteiger partial charge in [-0.2, -0.15) is 0 Å². The minimum Gasteiger partial charge on any atom is -0.441 e. The molecule has 1 heterocycles. The quantitative estimate of drug-likeness (QED) is 0.244. The average molecular weight is 397 g/mol. The fraction of sp³-hybridized carbons (Fsp3) is 0.480. The van der Waals surface area contributed by atoms with Crippen molar-refractivity contribution in [1.29, 1.82) is 0 Å². The monoisotopic (exact) mass is 396 g/mol. The summed E-state index contributed by atoms with van der Waals surface area (Å²) in [4.78, 5) is 0. The first-order valence-electron chi connectivity index (χ1n) is 10.8. The Morgan fingerprint density at radius 1 is 1.00 bits per heavy atom. The molecule has 148 valence electrons. The van der Waals surface area contributed by atoms with Crippen LogP contribution in [0.5, 0.6) is 0 Å². The maximum Gasteiger partial charge on any atom is 0.198 e. The van der Waals surface area contributed by atoms with E-state index in [-0.39, 0.29) is 5.82 Å². The van der Waals surface area contributed by atoms with Gasteiger partial charge < -0.3 is 4.42 Å². The van der Waals surface area contributed by atoms with Crippen LogP contribution in [0.15, 0.2) is 34.7 Å². The maximum absolute atomic E-state index is 15.1. The molecule has 0 amide bonds. The van der Waals surface area contributed by atoms with Crippen LogP contribution in [-0.2, 0) is 6.42 Å². The van der Waals surface area contributed by atoms with E-state index in [2.05, 4.69) is 32.0 Å². The SMILES string of the molecule is CCCCCc1ccc2c(oc(=S)c3cc(C4CCC(C)CC4)ccc32)c1F. The zero-order valence-corrected chi connectivity index (χ0v) is 17.7. The Hall–Kier alpha value is -1.74. The zero-order chi connectivity index (χ0) is 19.7. The number of aryl methyl sites for hydroxylation is 1. The molecule has 1 aliphatic carbocycles. The highest BCUT2D eigenvalue weighted by molar-refractivity contribution is 7.71. The standard InChI is InChI=1S/C25H29FOS/c1-3-4-5-6-18-11-14-21-20-13-12-19(17-9-7-16(2)8-10-17)15-22(20)25(28)27-24(21)23(18)26/h11-17H,3-10H2,1-2H3. The van der Waals surface area contributed by atoms with Gasteiger partial charge in [0.05, 0.1) is 0 Å². The van der Waals surface area contributed by atoms with E-state index < -0.39 is 0 Å². The molecule has 3 aromatic rings. The Labute approximate surface area is 171 Å². The van der Waals surface area contributed by atoms with E-state index in [9.17, 15) is 0 Å². The number of hydrogen-bond donors (Lipinski definition) is 0. The second-order valence-electron chi connectivity index (χ2n) is 8.52. The van der Waals surface area contributed by atoms with Gasteiger partial charge in [0.25, 0.3) is 0 Å². The predicted octanol–water partition coefficient (Wildman–Crippen LogP) is 8.48. The number of fused-ring (bicyclic) bond motifs is 3. The molecule has 0 saturated heterocycles. The molecule has 0 unspecified atom stereocenters. The summed E-state index contributed by atoms with van der Waals surface area (Å²) in [6.45, 7) is 4.50. The normalized spacial score (nSPS) is 20.1. The largest absolute Gasteiger partial charge is 0.441 e. The van der Waals surface area contributed by atoms with Crippen molar-refractivity contribution in [2.75, 3.05) is 0 Å². The maximum atomic E-state index is 15.1. The van der Waals surface area contributed by atoms with Gasteiger partial charge in [-0.3, -0.25) is 0 Å². The Morgan fingerprint density at radius 3 is 2.50 bits per heavy atom. The van der Waals surface area contributed by atoms with Crippen LogP contribution in [0.4, 0.5) is 4.39 Å². The van der Waals surface area contributed by atoms with Crippen molar-refractivity contribution >= 4 is 34.0 Å². The lowest BCUT2D eigenvalue weighted by Crippen LogP contribution is -2.10. The lowest BCUT2D eigenvalue weighted by molar-refractivity contribution is 0.348. The summed E-state index contributed by atoms with van der Waals surface area (Å²) in [5, 5.41) is 2.76. The van der Waals surface area contributed by atoms with E-state index >= 15 is 4.39 Å². The van der Waals surface area contributed by atoms with Crippen molar-refractivity contribution in [2.45, 2.75) is 71.1 Å². The van der Waals surface area contributed by atoms with Crippen LogP contribution < -0.4 is 0 Å². The van der Waals surface area contributed by atoms with Crippen molar-refractivity contribution in [3.63, 3.8) is 0 Å². The molecule has 1 saturated carbocycles. The van der Waals surface area contributed by atoms with Crippen LogP contribution in [0.25, 0.3) is 21.7 Å². The molecule has 4 rings (SSSR count). The van der Waals surface area contributed by atoms with Crippen LogP contribution in [0.2, 0.25) is 0 Å². The van der Waals surface area contributed by atoms with Gasteiger partial charge in [0.1, 0.15) is 0 Å². The van der Waals surface area contributed by atoms with Crippen LogP contribution in [0.1, 0.15) is 75.8 Å². The Balaban J connectivity index is 1.75. The number of hydrogen-bond acceptors (Lipinski definition) is 2. The summed E-state index contributed by atoms with van der Waals surface area (Å²) in [7, 11) is 0. The Kier molecular flexibility index (Phi) is 5.82. The summed E-state index contributed by atoms with van der Waals surface area (Å²) >= 11 is 5.54.